The van der Waals surface area contributed by atoms with Crippen molar-refractivity contribution in [3.63, 3.8) is 0 Å². The van der Waals surface area contributed by atoms with Crippen molar-refractivity contribution >= 4 is 37.0 Å². The fourth-order valence-corrected chi connectivity index (χ4v) is 9.15. The number of ether oxygens (including phenoxy) is 1. The van der Waals surface area contributed by atoms with E-state index in [1.54, 1.807) is 0 Å². The minimum Gasteiger partial charge on any atom is -0.435 e. The number of fused-ring (bicyclic) bond motifs is 3. The highest BCUT2D eigenvalue weighted by atomic mass is 32.2. The van der Waals surface area contributed by atoms with Crippen LogP contribution >= 0.6 is 0 Å². The molecule has 0 aliphatic carbocycles. The van der Waals surface area contributed by atoms with Gasteiger partial charge in [0, 0.05) is 31.4 Å². The van der Waals surface area contributed by atoms with Gasteiger partial charge in [0.1, 0.15) is 0 Å². The second-order valence-corrected chi connectivity index (χ2v) is 15.4. The molecule has 7 rings (SSSR count). The quantitative estimate of drug-likeness (QED) is 0.0797. The van der Waals surface area contributed by atoms with Crippen LogP contribution in [0, 0.1) is 0 Å². The van der Waals surface area contributed by atoms with E-state index in [1.165, 1.54) is 0 Å². The predicted octanol–water partition coefficient (Wildman–Crippen LogP) is 6.00. The summed E-state index contributed by atoms with van der Waals surface area (Å²) in [6.07, 6.45) is 1.02. The summed E-state index contributed by atoms with van der Waals surface area (Å²) in [5.41, 5.74) is 6.02. The lowest BCUT2D eigenvalue weighted by atomic mass is 10.0. The molecule has 1 fully saturated rings. The summed E-state index contributed by atoms with van der Waals surface area (Å²) >= 11 is 0. The molecule has 0 saturated carbocycles. The first kappa shape index (κ1) is 31.5. The Hall–Kier alpha value is -4.07. The average Bonchev–Trinajstić information content (AvgIpc) is 3.74. The number of benzene rings is 4. The molecule has 2 aliphatic heterocycles. The lowest BCUT2D eigenvalue weighted by Crippen LogP contribution is -2.62. The zero-order chi connectivity index (χ0) is 32.8. The van der Waals surface area contributed by atoms with Gasteiger partial charge in [0.05, 0.1) is 12.3 Å². The number of hydrogen-bond donors (Lipinski definition) is 2. The van der Waals surface area contributed by atoms with Crippen LogP contribution in [0.15, 0.2) is 101 Å². The van der Waals surface area contributed by atoms with Gasteiger partial charge in [-0.25, -0.2) is 4.48 Å². The monoisotopic (exact) mass is 676 g/mol. The summed E-state index contributed by atoms with van der Waals surface area (Å²) < 4.78 is 83.6. The molecule has 2 N–H and O–H groups in total. The highest BCUT2D eigenvalue weighted by molar-refractivity contribution is 7.86. The molecule has 10 nitrogen and oxygen atoms in total. The lowest BCUT2D eigenvalue weighted by molar-refractivity contribution is -0.685. The number of quaternary nitrogens is 1. The number of unbranched alkanes of at least 4 members (excludes halogenated alkanes) is 1. The maximum absolute atomic E-state index is 13.0. The van der Waals surface area contributed by atoms with Crippen LogP contribution in [0.3, 0.4) is 0 Å². The average molecular weight is 677 g/mol. The number of aromatic nitrogens is 1. The molecule has 3 heterocycles. The summed E-state index contributed by atoms with van der Waals surface area (Å²) in [6.45, 7) is 0.850. The molecule has 4 aromatic carbocycles. The molecule has 1 spiro atoms. The normalized spacial score (nSPS) is 20.9. The number of hydrogen-bond acceptors (Lipinski definition) is 6. The third kappa shape index (κ3) is 6.07. The molecule has 0 bridgehead atoms. The molecule has 5 aromatic rings. The summed E-state index contributed by atoms with van der Waals surface area (Å²) in [4.78, 5) is 0. The largest absolute Gasteiger partial charge is 0.435 e. The first-order valence-electron chi connectivity index (χ1n) is 15.7. The van der Waals surface area contributed by atoms with Crippen LogP contribution in [0.4, 0.5) is 5.69 Å². The van der Waals surface area contributed by atoms with E-state index in [0.29, 0.717) is 48.8 Å². The summed E-state index contributed by atoms with van der Waals surface area (Å²) in [7, 11) is -8.57. The summed E-state index contributed by atoms with van der Waals surface area (Å²) in [6, 6.07) is 31.4. The molecule has 3 atom stereocenters. The third-order valence-electron chi connectivity index (χ3n) is 9.40. The lowest BCUT2D eigenvalue weighted by Gasteiger charge is -2.36. The molecule has 3 unspecified atom stereocenters. The van der Waals surface area contributed by atoms with Gasteiger partial charge >= 0.3 is 16.0 Å². The van der Waals surface area contributed by atoms with E-state index in [0.717, 1.165) is 27.8 Å². The fraction of sp³-hybridized carbons (Fsp3) is 0.286. The van der Waals surface area contributed by atoms with Crippen molar-refractivity contribution in [2.75, 3.05) is 12.3 Å². The second kappa shape index (κ2) is 12.2. The Kier molecular flexibility index (Phi) is 8.17. The Bertz CT molecular complexity index is 2150. The highest BCUT2D eigenvalue weighted by Gasteiger charge is 2.61. The summed E-state index contributed by atoms with van der Waals surface area (Å²) in [5.74, 6) is 0.749. The number of rotatable bonds is 10. The van der Waals surface area contributed by atoms with Gasteiger partial charge in [-0.05, 0) is 40.8 Å². The minimum atomic E-state index is -4.47. The van der Waals surface area contributed by atoms with Crippen molar-refractivity contribution < 1.29 is 39.7 Å². The molecule has 12 heteroatoms. The highest BCUT2D eigenvalue weighted by Crippen LogP contribution is 2.51. The van der Waals surface area contributed by atoms with Crippen molar-refractivity contribution in [2.24, 2.45) is 0 Å². The SMILES string of the molecule is O=S(=O)(O)CCCC[n+]1c(CC2Oc3ccc(-c4ccccc4)cc3[N+]23CCCC3S(=O)(=O)O)oc2ccc(-c3ccccc3)cc21. The van der Waals surface area contributed by atoms with Gasteiger partial charge in [0.15, 0.2) is 24.4 Å². The van der Waals surface area contributed by atoms with Crippen molar-refractivity contribution in [3.05, 3.63) is 103 Å². The van der Waals surface area contributed by atoms with Gasteiger partial charge in [0.2, 0.25) is 11.0 Å². The van der Waals surface area contributed by atoms with E-state index >= 15 is 0 Å². The molecule has 1 saturated heterocycles. The van der Waals surface area contributed by atoms with E-state index in [1.807, 2.05) is 102 Å². The van der Waals surface area contributed by atoms with Gasteiger partial charge in [-0.15, -0.1) is 0 Å². The van der Waals surface area contributed by atoms with E-state index in [2.05, 4.69) is 0 Å². The maximum Gasteiger partial charge on any atom is 0.358 e. The Morgan fingerprint density at radius 2 is 1.45 bits per heavy atom. The Balaban J connectivity index is 1.31. The van der Waals surface area contributed by atoms with Crippen molar-refractivity contribution in [2.45, 2.75) is 50.3 Å². The zero-order valence-corrected chi connectivity index (χ0v) is 27.2. The van der Waals surface area contributed by atoms with Gasteiger partial charge in [0.25, 0.3) is 21.9 Å². The molecule has 0 amide bonds. The predicted molar refractivity (Wildman–Crippen MR) is 179 cm³/mol. The Labute approximate surface area is 273 Å². The van der Waals surface area contributed by atoms with Gasteiger partial charge in [-0.3, -0.25) is 9.11 Å². The van der Waals surface area contributed by atoms with E-state index in [9.17, 15) is 25.9 Å². The first-order chi connectivity index (χ1) is 22.5. The van der Waals surface area contributed by atoms with Gasteiger partial charge < -0.3 is 9.15 Å². The van der Waals surface area contributed by atoms with Crippen molar-refractivity contribution in [1.29, 1.82) is 0 Å². The van der Waals surface area contributed by atoms with Crippen molar-refractivity contribution in [3.8, 4) is 28.0 Å². The van der Waals surface area contributed by atoms with E-state index in [4.69, 9.17) is 9.15 Å². The van der Waals surface area contributed by atoms with Crippen LogP contribution in [-0.2, 0) is 33.2 Å². The fourth-order valence-electron chi connectivity index (χ4n) is 7.29. The van der Waals surface area contributed by atoms with Crippen LogP contribution in [0.1, 0.15) is 31.6 Å². The molecular formula is C35H36N2O8S2+2. The van der Waals surface area contributed by atoms with E-state index < -0.39 is 31.8 Å². The molecule has 1 aromatic heterocycles. The van der Waals surface area contributed by atoms with Crippen molar-refractivity contribution in [1.82, 2.24) is 4.48 Å². The standard InChI is InChI=1S/C35H34N2O8S2/c38-46(39,40)21-8-7-19-36-29-22-27(25-10-3-1-4-11-25)15-17-31(29)44-33(36)24-34-37(20-9-14-35(37)47(41,42)43)30-23-28(16-18-32(30)45-34)26-12-5-2-6-13-26/h1-6,10-13,15-18,22-23,34-35H,7-9,14,19-21,24H2/p+2. The smallest absolute Gasteiger partial charge is 0.358 e. The molecule has 47 heavy (non-hydrogen) atoms. The topological polar surface area (TPSA) is 135 Å². The minimum absolute atomic E-state index is 0.0795. The van der Waals surface area contributed by atoms with Crippen LogP contribution in [0.5, 0.6) is 5.75 Å². The Morgan fingerprint density at radius 1 is 0.787 bits per heavy atom. The zero-order valence-electron chi connectivity index (χ0n) is 25.6. The molecule has 0 radical (unpaired) electrons. The number of oxazole rings is 1. The Morgan fingerprint density at radius 3 is 2.11 bits per heavy atom. The van der Waals surface area contributed by atoms with Gasteiger partial charge in [-0.1, -0.05) is 72.8 Å². The second-order valence-electron chi connectivity index (χ2n) is 12.3. The molecule has 2 aliphatic rings. The molecule has 244 valence electrons. The van der Waals surface area contributed by atoms with Crippen LogP contribution in [0.25, 0.3) is 33.4 Å². The number of aryl methyl sites for hydroxylation is 1. The van der Waals surface area contributed by atoms with Crippen LogP contribution < -0.4 is 13.8 Å². The number of nitrogens with zero attached hydrogens (tertiary/aromatic N) is 2. The first-order valence-corrected chi connectivity index (χ1v) is 18.8. The van der Waals surface area contributed by atoms with Crippen LogP contribution in [-0.4, -0.2) is 49.8 Å². The molecular weight excluding hydrogens is 641 g/mol. The third-order valence-corrected chi connectivity index (χ3v) is 11.5. The summed E-state index contributed by atoms with van der Waals surface area (Å²) in [5, 5.41) is -1.11. The van der Waals surface area contributed by atoms with Crippen LogP contribution in [0.2, 0.25) is 0 Å². The van der Waals surface area contributed by atoms with Gasteiger partial charge in [-0.2, -0.15) is 21.4 Å². The van der Waals surface area contributed by atoms with E-state index in [-0.39, 0.29) is 29.5 Å². The maximum atomic E-state index is 13.0.